The van der Waals surface area contributed by atoms with Crippen LogP contribution in [0.1, 0.15) is 22.8 Å². The molecule has 108 valence electrons. The van der Waals surface area contributed by atoms with Gasteiger partial charge in [0.05, 0.1) is 5.71 Å². The quantitative estimate of drug-likeness (QED) is 0.666. The zero-order valence-electron chi connectivity index (χ0n) is 11.1. The van der Waals surface area contributed by atoms with Gasteiger partial charge in [-0.25, -0.2) is 5.43 Å². The molecular formula is C15H12Cl2N2O2. The number of amides is 1. The van der Waals surface area contributed by atoms with Crippen molar-refractivity contribution in [2.24, 2.45) is 5.10 Å². The first-order valence-electron chi connectivity index (χ1n) is 6.06. The van der Waals surface area contributed by atoms with Gasteiger partial charge in [0.25, 0.3) is 5.91 Å². The highest BCUT2D eigenvalue weighted by Crippen LogP contribution is 2.22. The number of nitrogens with one attached hydrogen (secondary N) is 1. The maximum absolute atomic E-state index is 11.9. The first-order chi connectivity index (χ1) is 9.97. The Kier molecular flexibility index (Phi) is 4.83. The SMILES string of the molecule is CC(=NNC(=O)c1cccc(Cl)c1)c1cc(Cl)ccc1O. The summed E-state index contributed by atoms with van der Waals surface area (Å²) in [6.45, 7) is 1.66. The monoisotopic (exact) mass is 322 g/mol. The minimum Gasteiger partial charge on any atom is -0.507 e. The van der Waals surface area contributed by atoms with Crippen LogP contribution < -0.4 is 5.43 Å². The predicted molar refractivity (Wildman–Crippen MR) is 84.2 cm³/mol. The number of phenolic OH excluding ortho intramolecular Hbond substituents is 1. The second-order valence-electron chi connectivity index (χ2n) is 4.31. The summed E-state index contributed by atoms with van der Waals surface area (Å²) in [5.74, 6) is -0.351. The molecule has 1 amide bonds. The highest BCUT2D eigenvalue weighted by atomic mass is 35.5. The fraction of sp³-hybridized carbons (Fsp3) is 0.0667. The molecule has 0 aliphatic heterocycles. The van der Waals surface area contributed by atoms with Gasteiger partial charge in [-0.15, -0.1) is 0 Å². The van der Waals surface area contributed by atoms with Crippen LogP contribution in [-0.2, 0) is 0 Å². The van der Waals surface area contributed by atoms with E-state index in [4.69, 9.17) is 23.2 Å². The fourth-order valence-corrected chi connectivity index (χ4v) is 2.05. The Bertz CT molecular complexity index is 715. The smallest absolute Gasteiger partial charge is 0.271 e. The Morgan fingerprint density at radius 3 is 2.57 bits per heavy atom. The van der Waals surface area contributed by atoms with Crippen molar-refractivity contribution in [3.63, 3.8) is 0 Å². The summed E-state index contributed by atoms with van der Waals surface area (Å²) in [7, 11) is 0. The van der Waals surface area contributed by atoms with Crippen molar-refractivity contribution in [1.29, 1.82) is 0 Å². The van der Waals surface area contributed by atoms with E-state index in [0.29, 0.717) is 26.9 Å². The second kappa shape index (κ2) is 6.61. The summed E-state index contributed by atoms with van der Waals surface area (Å²) >= 11 is 11.7. The molecular weight excluding hydrogens is 311 g/mol. The standard InChI is InChI=1S/C15H12Cl2N2O2/c1-9(13-8-12(17)5-6-14(13)20)18-19-15(21)10-3-2-4-11(16)7-10/h2-8,20H,1H3,(H,19,21). The van der Waals surface area contributed by atoms with Crippen molar-refractivity contribution in [2.75, 3.05) is 0 Å². The van der Waals surface area contributed by atoms with Gasteiger partial charge in [0.2, 0.25) is 0 Å². The van der Waals surface area contributed by atoms with Gasteiger partial charge >= 0.3 is 0 Å². The number of benzene rings is 2. The Morgan fingerprint density at radius 2 is 1.86 bits per heavy atom. The molecule has 4 nitrogen and oxygen atoms in total. The zero-order chi connectivity index (χ0) is 15.4. The number of carbonyl (C=O) groups is 1. The van der Waals surface area contributed by atoms with Gasteiger partial charge in [0.1, 0.15) is 5.75 Å². The zero-order valence-corrected chi connectivity index (χ0v) is 12.6. The molecule has 21 heavy (non-hydrogen) atoms. The molecule has 6 heteroatoms. The molecule has 0 fully saturated rings. The lowest BCUT2D eigenvalue weighted by atomic mass is 10.1. The van der Waals surface area contributed by atoms with E-state index in [1.165, 1.54) is 6.07 Å². The molecule has 2 aromatic rings. The molecule has 0 atom stereocenters. The number of hydrogen-bond donors (Lipinski definition) is 2. The number of halogens is 2. The fourth-order valence-electron chi connectivity index (χ4n) is 1.69. The molecule has 0 bridgehead atoms. The van der Waals surface area contributed by atoms with Crippen LogP contribution in [0.15, 0.2) is 47.6 Å². The van der Waals surface area contributed by atoms with Crippen molar-refractivity contribution >= 4 is 34.8 Å². The number of nitrogens with zero attached hydrogens (tertiary/aromatic N) is 1. The predicted octanol–water partition coefficient (Wildman–Crippen LogP) is 3.85. The summed E-state index contributed by atoms with van der Waals surface area (Å²) in [5.41, 5.74) is 3.69. The van der Waals surface area contributed by atoms with E-state index in [1.54, 1.807) is 43.3 Å². The van der Waals surface area contributed by atoms with E-state index in [-0.39, 0.29) is 5.75 Å². The molecule has 2 N–H and O–H groups in total. The molecule has 0 unspecified atom stereocenters. The van der Waals surface area contributed by atoms with Crippen LogP contribution in [0, 0.1) is 0 Å². The van der Waals surface area contributed by atoms with Gasteiger partial charge < -0.3 is 5.11 Å². The molecule has 0 saturated heterocycles. The summed E-state index contributed by atoms with van der Waals surface area (Å²) in [6.07, 6.45) is 0. The third kappa shape index (κ3) is 3.97. The van der Waals surface area contributed by atoms with Crippen LogP contribution >= 0.6 is 23.2 Å². The van der Waals surface area contributed by atoms with Crippen LogP contribution in [0.2, 0.25) is 10.0 Å². The summed E-state index contributed by atoms with van der Waals surface area (Å²) in [4.78, 5) is 11.9. The highest BCUT2D eigenvalue weighted by molar-refractivity contribution is 6.31. The molecule has 0 spiro atoms. The van der Waals surface area contributed by atoms with E-state index in [1.807, 2.05) is 0 Å². The topological polar surface area (TPSA) is 61.7 Å². The van der Waals surface area contributed by atoms with Crippen molar-refractivity contribution < 1.29 is 9.90 Å². The third-order valence-corrected chi connectivity index (χ3v) is 3.23. The minimum absolute atomic E-state index is 0.0395. The van der Waals surface area contributed by atoms with Crippen LogP contribution in [-0.4, -0.2) is 16.7 Å². The average molecular weight is 323 g/mol. The molecule has 0 aromatic heterocycles. The molecule has 0 heterocycles. The van der Waals surface area contributed by atoms with E-state index < -0.39 is 5.91 Å². The Labute approximate surface area is 132 Å². The highest BCUT2D eigenvalue weighted by Gasteiger charge is 2.08. The van der Waals surface area contributed by atoms with E-state index in [2.05, 4.69) is 10.5 Å². The van der Waals surface area contributed by atoms with Crippen LogP contribution in [0.25, 0.3) is 0 Å². The van der Waals surface area contributed by atoms with Crippen LogP contribution in [0.4, 0.5) is 0 Å². The molecule has 0 saturated carbocycles. The van der Waals surface area contributed by atoms with E-state index >= 15 is 0 Å². The lowest BCUT2D eigenvalue weighted by Gasteiger charge is -2.06. The lowest BCUT2D eigenvalue weighted by Crippen LogP contribution is -2.19. The second-order valence-corrected chi connectivity index (χ2v) is 5.18. The molecule has 0 aliphatic carbocycles. The van der Waals surface area contributed by atoms with Gasteiger partial charge in [-0.1, -0.05) is 29.3 Å². The Balaban J connectivity index is 2.17. The number of hydrogen-bond acceptors (Lipinski definition) is 3. The Hall–Kier alpha value is -2.04. The van der Waals surface area contributed by atoms with E-state index in [0.717, 1.165) is 0 Å². The molecule has 0 radical (unpaired) electrons. The van der Waals surface area contributed by atoms with Crippen molar-refractivity contribution in [3.05, 3.63) is 63.6 Å². The van der Waals surface area contributed by atoms with Crippen LogP contribution in [0.5, 0.6) is 5.75 Å². The number of aromatic hydroxyl groups is 1. The summed E-state index contributed by atoms with van der Waals surface area (Å²) < 4.78 is 0. The number of carbonyl (C=O) groups excluding carboxylic acids is 1. The van der Waals surface area contributed by atoms with E-state index in [9.17, 15) is 9.90 Å². The van der Waals surface area contributed by atoms with Gasteiger partial charge in [0, 0.05) is 21.2 Å². The first-order valence-corrected chi connectivity index (χ1v) is 6.82. The van der Waals surface area contributed by atoms with Crippen molar-refractivity contribution in [3.8, 4) is 5.75 Å². The molecule has 2 aromatic carbocycles. The number of rotatable bonds is 3. The number of hydrazone groups is 1. The largest absolute Gasteiger partial charge is 0.507 e. The lowest BCUT2D eigenvalue weighted by molar-refractivity contribution is 0.0955. The average Bonchev–Trinajstić information content (AvgIpc) is 2.47. The minimum atomic E-state index is -0.390. The Morgan fingerprint density at radius 1 is 1.14 bits per heavy atom. The molecule has 0 aliphatic rings. The van der Waals surface area contributed by atoms with Gasteiger partial charge in [-0.05, 0) is 43.3 Å². The van der Waals surface area contributed by atoms with Gasteiger partial charge in [0.15, 0.2) is 0 Å². The van der Waals surface area contributed by atoms with Crippen molar-refractivity contribution in [2.45, 2.75) is 6.92 Å². The summed E-state index contributed by atoms with van der Waals surface area (Å²) in [5, 5.41) is 14.7. The molecule has 2 rings (SSSR count). The van der Waals surface area contributed by atoms with Crippen LogP contribution in [0.3, 0.4) is 0 Å². The normalized spacial score (nSPS) is 11.3. The third-order valence-electron chi connectivity index (χ3n) is 2.76. The van der Waals surface area contributed by atoms with Gasteiger partial charge in [-0.3, -0.25) is 4.79 Å². The maximum atomic E-state index is 11.9. The number of phenols is 1. The first kappa shape index (κ1) is 15.4. The van der Waals surface area contributed by atoms with Gasteiger partial charge in [-0.2, -0.15) is 5.10 Å². The summed E-state index contributed by atoms with van der Waals surface area (Å²) in [6, 6.07) is 11.1. The van der Waals surface area contributed by atoms with Crippen molar-refractivity contribution in [1.82, 2.24) is 5.43 Å². The maximum Gasteiger partial charge on any atom is 0.271 e.